The lowest BCUT2D eigenvalue weighted by Crippen LogP contribution is -2.17. The van der Waals surface area contributed by atoms with E-state index in [0.717, 1.165) is 5.56 Å². The lowest BCUT2D eigenvalue weighted by molar-refractivity contribution is 0.0734. The molecular formula is C29H23ClN2O4. The van der Waals surface area contributed by atoms with Crippen molar-refractivity contribution < 1.29 is 19.1 Å². The van der Waals surface area contributed by atoms with Crippen LogP contribution in [-0.2, 0) is 6.61 Å². The molecule has 0 bridgehead atoms. The Morgan fingerprint density at radius 3 is 2.28 bits per heavy atom. The zero-order chi connectivity index (χ0) is 25.3. The Morgan fingerprint density at radius 1 is 0.861 bits per heavy atom. The molecule has 0 saturated carbocycles. The molecule has 0 unspecified atom stereocenters. The molecule has 0 aliphatic heterocycles. The lowest BCUT2D eigenvalue weighted by atomic mass is 10.2. The number of benzene rings is 4. The molecule has 4 aromatic carbocycles. The van der Waals surface area contributed by atoms with Crippen LogP contribution in [-0.4, -0.2) is 18.1 Å². The van der Waals surface area contributed by atoms with E-state index in [1.807, 2.05) is 31.2 Å². The standard InChI is InChI=1S/C29H23ClN2O4/c1-20-5-7-21(8-6-20)19-35-26-15-11-23(12-16-26)28(33)32-31-18-22-3-2-4-27(17-22)36-29(34)24-9-13-25(30)14-10-24/h2-18H,19H2,1H3,(H,32,33)/b31-18+. The highest BCUT2D eigenvalue weighted by Crippen LogP contribution is 2.17. The van der Waals surface area contributed by atoms with Crippen LogP contribution in [0.4, 0.5) is 0 Å². The number of hydrazone groups is 1. The molecule has 0 fully saturated rings. The Hall–Kier alpha value is -4.42. The third-order valence-corrected chi connectivity index (χ3v) is 5.42. The summed E-state index contributed by atoms with van der Waals surface area (Å²) in [7, 11) is 0. The van der Waals surface area contributed by atoms with Crippen molar-refractivity contribution in [1.29, 1.82) is 0 Å². The fourth-order valence-corrected chi connectivity index (χ4v) is 3.32. The van der Waals surface area contributed by atoms with E-state index < -0.39 is 5.97 Å². The number of carbonyl (C=O) groups excluding carboxylic acids is 2. The quantitative estimate of drug-likeness (QED) is 0.135. The zero-order valence-corrected chi connectivity index (χ0v) is 20.2. The minimum atomic E-state index is -0.500. The van der Waals surface area contributed by atoms with E-state index in [4.69, 9.17) is 21.1 Å². The van der Waals surface area contributed by atoms with Gasteiger partial charge in [-0.15, -0.1) is 0 Å². The van der Waals surface area contributed by atoms with Crippen molar-refractivity contribution in [1.82, 2.24) is 5.43 Å². The second-order valence-corrected chi connectivity index (χ2v) is 8.40. The minimum Gasteiger partial charge on any atom is -0.489 e. The van der Waals surface area contributed by atoms with Gasteiger partial charge < -0.3 is 9.47 Å². The number of ether oxygens (including phenoxy) is 2. The number of aryl methyl sites for hydroxylation is 1. The molecule has 1 amide bonds. The van der Waals surface area contributed by atoms with Crippen LogP contribution in [0.3, 0.4) is 0 Å². The van der Waals surface area contributed by atoms with E-state index in [1.165, 1.54) is 11.8 Å². The molecule has 4 rings (SSSR count). The van der Waals surface area contributed by atoms with Gasteiger partial charge in [-0.25, -0.2) is 10.2 Å². The Labute approximate surface area is 214 Å². The summed E-state index contributed by atoms with van der Waals surface area (Å²) >= 11 is 5.85. The molecule has 0 aliphatic rings. The molecular weight excluding hydrogens is 476 g/mol. The first-order valence-electron chi connectivity index (χ1n) is 11.2. The summed E-state index contributed by atoms with van der Waals surface area (Å²) in [5.74, 6) is 0.161. The smallest absolute Gasteiger partial charge is 0.343 e. The van der Waals surface area contributed by atoms with Crippen molar-refractivity contribution in [3.63, 3.8) is 0 Å². The first-order valence-corrected chi connectivity index (χ1v) is 11.5. The molecule has 0 saturated heterocycles. The SMILES string of the molecule is Cc1ccc(COc2ccc(C(=O)N/N=C/c3cccc(OC(=O)c4ccc(Cl)cc4)c3)cc2)cc1. The van der Waals surface area contributed by atoms with Gasteiger partial charge in [-0.05, 0) is 78.7 Å². The number of rotatable bonds is 8. The second kappa shape index (κ2) is 11.8. The van der Waals surface area contributed by atoms with Crippen molar-refractivity contribution in [3.8, 4) is 11.5 Å². The van der Waals surface area contributed by atoms with E-state index in [1.54, 1.807) is 72.8 Å². The van der Waals surface area contributed by atoms with Gasteiger partial charge in [0, 0.05) is 10.6 Å². The fourth-order valence-electron chi connectivity index (χ4n) is 3.19. The van der Waals surface area contributed by atoms with Crippen LogP contribution < -0.4 is 14.9 Å². The van der Waals surface area contributed by atoms with Crippen molar-refractivity contribution in [3.05, 3.63) is 130 Å². The molecule has 0 radical (unpaired) electrons. The average Bonchev–Trinajstić information content (AvgIpc) is 2.89. The summed E-state index contributed by atoms with van der Waals surface area (Å²) < 4.78 is 11.2. The Bertz CT molecular complexity index is 1370. The molecule has 180 valence electrons. The molecule has 36 heavy (non-hydrogen) atoms. The Kier molecular flexibility index (Phi) is 8.11. The molecule has 0 aliphatic carbocycles. The van der Waals surface area contributed by atoms with Gasteiger partial charge in [0.05, 0.1) is 11.8 Å². The van der Waals surface area contributed by atoms with Crippen LogP contribution in [0.5, 0.6) is 11.5 Å². The second-order valence-electron chi connectivity index (χ2n) is 7.97. The van der Waals surface area contributed by atoms with Crippen molar-refractivity contribution in [2.24, 2.45) is 5.10 Å². The van der Waals surface area contributed by atoms with Crippen molar-refractivity contribution >= 4 is 29.7 Å². The molecule has 7 heteroatoms. The Balaban J connectivity index is 1.29. The molecule has 6 nitrogen and oxygen atoms in total. The first kappa shape index (κ1) is 24.7. The van der Waals surface area contributed by atoms with Crippen LogP contribution in [0.1, 0.15) is 37.4 Å². The van der Waals surface area contributed by atoms with E-state index in [0.29, 0.717) is 39.8 Å². The van der Waals surface area contributed by atoms with Crippen LogP contribution >= 0.6 is 11.6 Å². The maximum absolute atomic E-state index is 12.4. The number of hydrogen-bond acceptors (Lipinski definition) is 5. The van der Waals surface area contributed by atoms with Crippen LogP contribution in [0.25, 0.3) is 0 Å². The van der Waals surface area contributed by atoms with Crippen LogP contribution in [0.15, 0.2) is 102 Å². The highest BCUT2D eigenvalue weighted by Gasteiger charge is 2.09. The van der Waals surface area contributed by atoms with Crippen LogP contribution in [0, 0.1) is 6.92 Å². The number of esters is 1. The molecule has 4 aromatic rings. The van der Waals surface area contributed by atoms with Crippen LogP contribution in [0.2, 0.25) is 5.02 Å². The van der Waals surface area contributed by atoms with Gasteiger partial charge in [-0.2, -0.15) is 5.10 Å². The predicted molar refractivity (Wildman–Crippen MR) is 140 cm³/mol. The largest absolute Gasteiger partial charge is 0.489 e. The lowest BCUT2D eigenvalue weighted by Gasteiger charge is -2.07. The summed E-state index contributed by atoms with van der Waals surface area (Å²) in [5.41, 5.74) is 6.24. The first-order chi connectivity index (χ1) is 17.5. The minimum absolute atomic E-state index is 0.353. The zero-order valence-electron chi connectivity index (χ0n) is 19.5. The van der Waals surface area contributed by atoms with Gasteiger partial charge >= 0.3 is 5.97 Å². The van der Waals surface area contributed by atoms with Gasteiger partial charge in [-0.1, -0.05) is 53.6 Å². The summed E-state index contributed by atoms with van der Waals surface area (Å²) in [5, 5.41) is 4.54. The maximum Gasteiger partial charge on any atom is 0.343 e. The van der Waals surface area contributed by atoms with Gasteiger partial charge in [0.1, 0.15) is 18.1 Å². The molecule has 0 heterocycles. The summed E-state index contributed by atoms with van der Waals surface area (Å²) in [4.78, 5) is 24.7. The molecule has 1 N–H and O–H groups in total. The monoisotopic (exact) mass is 498 g/mol. The predicted octanol–water partition coefficient (Wildman–Crippen LogP) is 6.21. The average molecular weight is 499 g/mol. The molecule has 0 aromatic heterocycles. The van der Waals surface area contributed by atoms with Gasteiger partial charge in [0.15, 0.2) is 0 Å². The fraction of sp³-hybridized carbons (Fsp3) is 0.0690. The third-order valence-electron chi connectivity index (χ3n) is 5.17. The van der Waals surface area contributed by atoms with E-state index >= 15 is 0 Å². The topological polar surface area (TPSA) is 77.0 Å². The Morgan fingerprint density at radius 2 is 1.56 bits per heavy atom. The summed E-state index contributed by atoms with van der Waals surface area (Å²) in [6.07, 6.45) is 1.47. The number of nitrogens with one attached hydrogen (secondary N) is 1. The number of amides is 1. The number of nitrogens with zero attached hydrogens (tertiary/aromatic N) is 1. The van der Waals surface area contributed by atoms with E-state index in [2.05, 4.69) is 10.5 Å². The maximum atomic E-state index is 12.4. The van der Waals surface area contributed by atoms with Gasteiger partial charge in [0.25, 0.3) is 5.91 Å². The van der Waals surface area contributed by atoms with Gasteiger partial charge in [-0.3, -0.25) is 4.79 Å². The van der Waals surface area contributed by atoms with E-state index in [9.17, 15) is 9.59 Å². The highest BCUT2D eigenvalue weighted by molar-refractivity contribution is 6.30. The summed E-state index contributed by atoms with van der Waals surface area (Å²) in [6, 6.07) is 28.2. The third kappa shape index (κ3) is 7.04. The molecule has 0 atom stereocenters. The number of halogens is 1. The number of carbonyl (C=O) groups is 2. The van der Waals surface area contributed by atoms with Gasteiger partial charge in [0.2, 0.25) is 0 Å². The van der Waals surface area contributed by atoms with E-state index in [-0.39, 0.29) is 5.91 Å². The highest BCUT2D eigenvalue weighted by atomic mass is 35.5. The molecule has 0 spiro atoms. The summed E-state index contributed by atoms with van der Waals surface area (Å²) in [6.45, 7) is 2.49. The normalized spacial score (nSPS) is 10.7. The van der Waals surface area contributed by atoms with Crippen molar-refractivity contribution in [2.75, 3.05) is 0 Å². The number of hydrogen-bond donors (Lipinski definition) is 1. The van der Waals surface area contributed by atoms with Crippen molar-refractivity contribution in [2.45, 2.75) is 13.5 Å².